The zero-order valence-corrected chi connectivity index (χ0v) is 6.59. The second-order valence-electron chi connectivity index (χ2n) is 1.76. The zero-order valence-electron chi connectivity index (χ0n) is 4.94. The van der Waals surface area contributed by atoms with Crippen LogP contribution in [0.2, 0.25) is 5.02 Å². The Morgan fingerprint density at radius 2 is 2.33 bits per heavy atom. The van der Waals surface area contributed by atoms with E-state index in [2.05, 4.69) is 0 Å². The van der Waals surface area contributed by atoms with Gasteiger partial charge in [0.05, 0.1) is 0 Å². The third kappa shape index (κ3) is 1.41. The average molecular weight is 164 g/mol. The van der Waals surface area contributed by atoms with Crippen LogP contribution in [0.5, 0.6) is 0 Å². The van der Waals surface area contributed by atoms with E-state index in [-0.39, 0.29) is 10.6 Å². The Kier molecular flexibility index (Phi) is 2.05. The largest absolute Gasteiger partial charge is 0.311 e. The molecule has 3 heteroatoms. The van der Waals surface area contributed by atoms with Gasteiger partial charge in [-0.25, -0.2) is 0 Å². The van der Waals surface area contributed by atoms with Crippen LogP contribution in [0, 0.1) is 5.55 Å². The smallest absolute Gasteiger partial charge is 0.155 e. The molecule has 0 aromatic carbocycles. The summed E-state index contributed by atoms with van der Waals surface area (Å²) in [5.41, 5.74) is -0.172. The molecule has 0 saturated heterocycles. The van der Waals surface area contributed by atoms with E-state index in [0.717, 1.165) is 0 Å². The summed E-state index contributed by atoms with van der Waals surface area (Å²) in [7, 11) is -0.723. The zero-order chi connectivity index (χ0) is 6.85. The number of rotatable bonds is 0. The molecule has 1 atom stereocenters. The van der Waals surface area contributed by atoms with E-state index in [9.17, 15) is 4.39 Å². The van der Waals surface area contributed by atoms with Crippen LogP contribution in [0.15, 0.2) is 17.9 Å². The van der Waals surface area contributed by atoms with Gasteiger partial charge in [-0.05, 0) is 12.1 Å². The van der Waals surface area contributed by atoms with E-state index in [1.807, 2.05) is 12.5 Å². The molecule has 0 amide bonds. The molecule has 0 aliphatic rings. The Labute approximate surface area is 59.3 Å². The van der Waals surface area contributed by atoms with Crippen molar-refractivity contribution in [2.45, 2.75) is 0 Å². The van der Waals surface area contributed by atoms with Gasteiger partial charge in [0.15, 0.2) is 7.53 Å². The predicted octanol–water partition coefficient (Wildman–Crippen LogP) is 3.28. The van der Waals surface area contributed by atoms with Crippen LogP contribution in [0.1, 0.15) is 0 Å². The van der Waals surface area contributed by atoms with Crippen molar-refractivity contribution < 1.29 is 4.39 Å². The SMILES string of the molecule is C[p+]1cccc(Cl)c1F. The van der Waals surface area contributed by atoms with Crippen LogP contribution >= 0.6 is 19.1 Å². The fraction of sp³-hybridized carbons (Fsp3) is 0.167. The molecular formula is C6H6ClFP+. The minimum absolute atomic E-state index is 0.172. The van der Waals surface area contributed by atoms with Crippen molar-refractivity contribution >= 4 is 19.1 Å². The van der Waals surface area contributed by atoms with Crippen molar-refractivity contribution in [1.29, 1.82) is 0 Å². The van der Waals surface area contributed by atoms with Crippen molar-refractivity contribution in [3.8, 4) is 0 Å². The number of aryl methyl sites for hydroxylation is 1. The molecule has 9 heavy (non-hydrogen) atoms. The molecule has 1 heterocycles. The van der Waals surface area contributed by atoms with E-state index in [1.165, 1.54) is 0 Å². The molecule has 0 aliphatic carbocycles. The van der Waals surface area contributed by atoms with Gasteiger partial charge in [-0.1, -0.05) is 11.6 Å². The maximum absolute atomic E-state index is 12.7. The summed E-state index contributed by atoms with van der Waals surface area (Å²) in [5, 5.41) is 0.256. The highest BCUT2D eigenvalue weighted by molar-refractivity contribution is 7.46. The highest BCUT2D eigenvalue weighted by Gasteiger charge is 2.10. The van der Waals surface area contributed by atoms with Gasteiger partial charge in [0.25, 0.3) is 0 Å². The van der Waals surface area contributed by atoms with E-state index in [1.54, 1.807) is 12.1 Å². The van der Waals surface area contributed by atoms with E-state index in [0.29, 0.717) is 0 Å². The molecule has 48 valence electrons. The maximum atomic E-state index is 12.7. The molecule has 0 N–H and O–H groups in total. The van der Waals surface area contributed by atoms with Crippen LogP contribution in [0.3, 0.4) is 0 Å². The molecule has 1 aromatic rings. The van der Waals surface area contributed by atoms with Crippen molar-refractivity contribution in [2.24, 2.45) is 6.66 Å². The summed E-state index contributed by atoms with van der Waals surface area (Å²) in [6.45, 7) is 1.83. The van der Waals surface area contributed by atoms with Crippen molar-refractivity contribution in [2.75, 3.05) is 0 Å². The van der Waals surface area contributed by atoms with Crippen molar-refractivity contribution in [3.05, 3.63) is 28.5 Å². The minimum atomic E-state index is -0.723. The molecule has 0 bridgehead atoms. The van der Waals surface area contributed by atoms with Crippen molar-refractivity contribution in [1.82, 2.24) is 0 Å². The van der Waals surface area contributed by atoms with E-state index < -0.39 is 7.53 Å². The topological polar surface area (TPSA) is 0 Å². The molecular weight excluding hydrogens is 157 g/mol. The van der Waals surface area contributed by atoms with Gasteiger partial charge in [-0.3, -0.25) is 0 Å². The Morgan fingerprint density at radius 1 is 1.67 bits per heavy atom. The lowest BCUT2D eigenvalue weighted by molar-refractivity contribution is 0.655. The lowest BCUT2D eigenvalue weighted by Crippen LogP contribution is -1.69. The highest BCUT2D eigenvalue weighted by atomic mass is 35.5. The summed E-state index contributed by atoms with van der Waals surface area (Å²) in [6.07, 6.45) is 0. The molecule has 0 nitrogen and oxygen atoms in total. The predicted molar refractivity (Wildman–Crippen MR) is 39.5 cm³/mol. The monoisotopic (exact) mass is 163 g/mol. The normalized spacial score (nSPS) is 11.7. The number of hydrogen-bond donors (Lipinski definition) is 0. The standard InChI is InChI=1S/C6H6ClFP/c1-9-4-2-3-5(7)6(9)8/h2-4H,1H3/q+1. The molecule has 0 aliphatic heterocycles. The first-order chi connectivity index (χ1) is 4.22. The minimum Gasteiger partial charge on any atom is -0.155 e. The number of hydrogen-bond acceptors (Lipinski definition) is 0. The van der Waals surface area contributed by atoms with E-state index in [4.69, 9.17) is 11.6 Å². The van der Waals surface area contributed by atoms with Crippen LogP contribution in [0.4, 0.5) is 4.39 Å². The van der Waals surface area contributed by atoms with Gasteiger partial charge < -0.3 is 0 Å². The van der Waals surface area contributed by atoms with E-state index >= 15 is 0 Å². The third-order valence-electron chi connectivity index (χ3n) is 1.06. The van der Waals surface area contributed by atoms with Gasteiger partial charge in [0.2, 0.25) is 0 Å². The van der Waals surface area contributed by atoms with Crippen LogP contribution in [-0.4, -0.2) is 0 Å². The molecule has 1 rings (SSSR count). The molecule has 0 saturated carbocycles. The summed E-state index contributed by atoms with van der Waals surface area (Å²) in [6, 6.07) is 3.36. The Balaban J connectivity index is 3.25. The molecule has 0 spiro atoms. The van der Waals surface area contributed by atoms with Gasteiger partial charge in [-0.15, -0.1) is 0 Å². The lowest BCUT2D eigenvalue weighted by Gasteiger charge is -1.84. The van der Waals surface area contributed by atoms with Crippen LogP contribution in [0.25, 0.3) is 0 Å². The first-order valence-corrected chi connectivity index (χ1v) is 4.75. The highest BCUT2D eigenvalue weighted by Crippen LogP contribution is 2.31. The second-order valence-corrected chi connectivity index (χ2v) is 4.08. The van der Waals surface area contributed by atoms with Crippen molar-refractivity contribution in [3.63, 3.8) is 0 Å². The molecule has 1 aromatic heterocycles. The number of halogens is 2. The lowest BCUT2D eigenvalue weighted by atomic mass is 10.6. The van der Waals surface area contributed by atoms with Gasteiger partial charge >= 0.3 is 5.55 Å². The van der Waals surface area contributed by atoms with Gasteiger partial charge in [-0.2, -0.15) is 4.39 Å². The summed E-state index contributed by atoms with van der Waals surface area (Å²) in [4.78, 5) is 0. The first-order valence-electron chi connectivity index (χ1n) is 2.51. The van der Waals surface area contributed by atoms with Crippen LogP contribution < -0.4 is 0 Å². The Morgan fingerprint density at radius 3 is 2.78 bits per heavy atom. The summed E-state index contributed by atoms with van der Waals surface area (Å²) >= 11 is 5.48. The second kappa shape index (κ2) is 2.64. The molecule has 0 fully saturated rings. The first kappa shape index (κ1) is 6.98. The van der Waals surface area contributed by atoms with Gasteiger partial charge in [0, 0.05) is 0 Å². The van der Waals surface area contributed by atoms with Crippen LogP contribution in [-0.2, 0) is 6.66 Å². The maximum Gasteiger partial charge on any atom is 0.311 e. The molecule has 1 unspecified atom stereocenters. The quantitative estimate of drug-likeness (QED) is 0.551. The van der Waals surface area contributed by atoms with Gasteiger partial charge in [0.1, 0.15) is 17.5 Å². The molecule has 0 radical (unpaired) electrons. The fourth-order valence-electron chi connectivity index (χ4n) is 0.559. The summed E-state index contributed by atoms with van der Waals surface area (Å²) < 4.78 is 12.7. The third-order valence-corrected chi connectivity index (χ3v) is 2.96. The fourth-order valence-corrected chi connectivity index (χ4v) is 1.92. The Hall–Kier alpha value is -0.130. The Bertz CT molecular complexity index is 204. The summed E-state index contributed by atoms with van der Waals surface area (Å²) in [5.74, 6) is 1.83. The average Bonchev–Trinajstić information content (AvgIpc) is 1.83.